The fraction of sp³-hybridized carbons (Fsp3) is 0.625. The molecule has 7 heteroatoms. The zero-order valence-corrected chi connectivity index (χ0v) is 14.3. The van der Waals surface area contributed by atoms with Crippen LogP contribution in [0.3, 0.4) is 0 Å². The summed E-state index contributed by atoms with van der Waals surface area (Å²) in [6.07, 6.45) is 1.69. The second-order valence-corrected chi connectivity index (χ2v) is 6.05. The average Bonchev–Trinajstić information content (AvgIpc) is 3.08. The molecule has 0 aliphatic heterocycles. The van der Waals surface area contributed by atoms with Crippen LogP contribution in [0.1, 0.15) is 55.7 Å². The maximum Gasteiger partial charge on any atom is 0.227 e. The Morgan fingerprint density at radius 1 is 1.39 bits per heavy atom. The van der Waals surface area contributed by atoms with Gasteiger partial charge in [-0.05, 0) is 26.3 Å². The summed E-state index contributed by atoms with van der Waals surface area (Å²) in [6.45, 7) is 9.47. The number of nitrogens with one attached hydrogen (secondary N) is 1. The summed E-state index contributed by atoms with van der Waals surface area (Å²) in [6, 6.07) is 2.05. The van der Waals surface area contributed by atoms with Gasteiger partial charge in [0.25, 0.3) is 0 Å². The largest absolute Gasteiger partial charge is 0.356 e. The average molecular weight is 319 g/mol. The van der Waals surface area contributed by atoms with E-state index in [1.54, 1.807) is 0 Å². The van der Waals surface area contributed by atoms with Gasteiger partial charge in [-0.25, -0.2) is 0 Å². The minimum absolute atomic E-state index is 0.00247. The van der Waals surface area contributed by atoms with Crippen molar-refractivity contribution in [2.24, 2.45) is 0 Å². The molecular formula is C16H25N5O2. The number of nitrogens with zero attached hydrogens (tertiary/aromatic N) is 4. The van der Waals surface area contributed by atoms with Crippen LogP contribution in [-0.4, -0.2) is 32.4 Å². The van der Waals surface area contributed by atoms with Gasteiger partial charge in [0.05, 0.1) is 5.69 Å². The lowest BCUT2D eigenvalue weighted by Crippen LogP contribution is -2.25. The molecule has 2 heterocycles. The molecule has 23 heavy (non-hydrogen) atoms. The highest BCUT2D eigenvalue weighted by Crippen LogP contribution is 2.10. The molecule has 0 unspecified atom stereocenters. The third-order valence-electron chi connectivity index (χ3n) is 3.54. The zero-order chi connectivity index (χ0) is 16.8. The second kappa shape index (κ2) is 7.89. The highest BCUT2D eigenvalue weighted by Gasteiger charge is 2.11. The summed E-state index contributed by atoms with van der Waals surface area (Å²) in [5, 5.41) is 11.2. The number of carbonyl (C=O) groups excluding carboxylic acids is 1. The Bertz CT molecular complexity index is 645. The van der Waals surface area contributed by atoms with Gasteiger partial charge in [0.15, 0.2) is 5.82 Å². The molecule has 0 fully saturated rings. The Labute approximate surface area is 136 Å². The predicted molar refractivity (Wildman–Crippen MR) is 86.0 cm³/mol. The van der Waals surface area contributed by atoms with Gasteiger partial charge < -0.3 is 9.84 Å². The van der Waals surface area contributed by atoms with Crippen LogP contribution >= 0.6 is 0 Å². The van der Waals surface area contributed by atoms with Crippen molar-refractivity contribution in [3.63, 3.8) is 0 Å². The number of amides is 1. The first-order chi connectivity index (χ1) is 11.0. The Morgan fingerprint density at radius 2 is 2.17 bits per heavy atom. The van der Waals surface area contributed by atoms with Crippen molar-refractivity contribution in [2.45, 2.75) is 59.4 Å². The number of aryl methyl sites for hydroxylation is 4. The van der Waals surface area contributed by atoms with E-state index in [0.29, 0.717) is 31.1 Å². The fourth-order valence-corrected chi connectivity index (χ4v) is 2.27. The Hall–Kier alpha value is -2.18. The zero-order valence-electron chi connectivity index (χ0n) is 14.3. The van der Waals surface area contributed by atoms with E-state index in [0.717, 1.165) is 24.4 Å². The third kappa shape index (κ3) is 5.19. The van der Waals surface area contributed by atoms with E-state index >= 15 is 0 Å². The van der Waals surface area contributed by atoms with Crippen molar-refractivity contribution in [1.29, 1.82) is 0 Å². The van der Waals surface area contributed by atoms with Gasteiger partial charge in [-0.3, -0.25) is 9.48 Å². The SMILES string of the molecule is Cc1cc(C)n(CCCNC(=O)CCc2nc(C(C)C)no2)n1. The van der Waals surface area contributed by atoms with Crippen LogP contribution in [0.25, 0.3) is 0 Å². The molecule has 1 amide bonds. The molecule has 7 nitrogen and oxygen atoms in total. The van der Waals surface area contributed by atoms with Crippen molar-refractivity contribution >= 4 is 5.91 Å². The fourth-order valence-electron chi connectivity index (χ4n) is 2.27. The van der Waals surface area contributed by atoms with Crippen molar-refractivity contribution in [2.75, 3.05) is 6.54 Å². The van der Waals surface area contributed by atoms with Gasteiger partial charge in [0.2, 0.25) is 11.8 Å². The summed E-state index contributed by atoms with van der Waals surface area (Å²) in [7, 11) is 0. The Morgan fingerprint density at radius 3 is 2.78 bits per heavy atom. The van der Waals surface area contributed by atoms with Crippen molar-refractivity contribution in [3.8, 4) is 0 Å². The van der Waals surface area contributed by atoms with Gasteiger partial charge in [-0.1, -0.05) is 19.0 Å². The predicted octanol–water partition coefficient (Wildman–Crippen LogP) is 2.15. The van der Waals surface area contributed by atoms with Gasteiger partial charge >= 0.3 is 0 Å². The first-order valence-electron chi connectivity index (χ1n) is 8.06. The van der Waals surface area contributed by atoms with E-state index in [2.05, 4.69) is 20.6 Å². The molecule has 0 radical (unpaired) electrons. The maximum atomic E-state index is 11.8. The molecular weight excluding hydrogens is 294 g/mol. The van der Waals surface area contributed by atoms with E-state index in [4.69, 9.17) is 4.52 Å². The minimum Gasteiger partial charge on any atom is -0.356 e. The second-order valence-electron chi connectivity index (χ2n) is 6.05. The van der Waals surface area contributed by atoms with Gasteiger partial charge in [0, 0.05) is 37.5 Å². The lowest BCUT2D eigenvalue weighted by atomic mass is 10.2. The molecule has 2 aromatic rings. The number of rotatable bonds is 8. The van der Waals surface area contributed by atoms with E-state index in [1.807, 2.05) is 38.4 Å². The molecule has 0 aromatic carbocycles. The van der Waals surface area contributed by atoms with Crippen LogP contribution in [0.5, 0.6) is 0 Å². The smallest absolute Gasteiger partial charge is 0.227 e. The molecule has 0 atom stereocenters. The Kier molecular flexibility index (Phi) is 5.90. The molecule has 0 bridgehead atoms. The molecule has 2 rings (SSSR count). The van der Waals surface area contributed by atoms with E-state index in [-0.39, 0.29) is 11.8 Å². The molecule has 2 aromatic heterocycles. The first-order valence-corrected chi connectivity index (χ1v) is 8.06. The molecule has 0 aliphatic rings. The standard InChI is InChI=1S/C16H25N5O2/c1-11(2)16-18-15(23-20-16)7-6-14(22)17-8-5-9-21-13(4)10-12(3)19-21/h10-11H,5-9H2,1-4H3,(H,17,22). The van der Waals surface area contributed by atoms with Gasteiger partial charge in [-0.15, -0.1) is 0 Å². The number of hydrogen-bond donors (Lipinski definition) is 1. The number of aromatic nitrogens is 4. The van der Waals surface area contributed by atoms with Crippen molar-refractivity contribution < 1.29 is 9.32 Å². The summed E-state index contributed by atoms with van der Waals surface area (Å²) >= 11 is 0. The summed E-state index contributed by atoms with van der Waals surface area (Å²) in [5.74, 6) is 1.44. The molecule has 0 spiro atoms. The molecule has 0 saturated heterocycles. The summed E-state index contributed by atoms with van der Waals surface area (Å²) in [4.78, 5) is 16.1. The normalized spacial score (nSPS) is 11.2. The topological polar surface area (TPSA) is 85.8 Å². The van der Waals surface area contributed by atoms with Crippen LogP contribution in [0.4, 0.5) is 0 Å². The van der Waals surface area contributed by atoms with Crippen molar-refractivity contribution in [3.05, 3.63) is 29.2 Å². The minimum atomic E-state index is 0.00247. The highest BCUT2D eigenvalue weighted by atomic mass is 16.5. The molecule has 1 N–H and O–H groups in total. The maximum absolute atomic E-state index is 11.8. The van der Waals surface area contributed by atoms with Crippen molar-refractivity contribution in [1.82, 2.24) is 25.2 Å². The summed E-state index contributed by atoms with van der Waals surface area (Å²) < 4.78 is 7.09. The summed E-state index contributed by atoms with van der Waals surface area (Å²) in [5.41, 5.74) is 2.16. The van der Waals surface area contributed by atoms with E-state index in [1.165, 1.54) is 0 Å². The third-order valence-corrected chi connectivity index (χ3v) is 3.54. The lowest BCUT2D eigenvalue weighted by Gasteiger charge is -2.06. The quantitative estimate of drug-likeness (QED) is 0.753. The monoisotopic (exact) mass is 319 g/mol. The van der Waals surface area contributed by atoms with Gasteiger partial charge in [0.1, 0.15) is 0 Å². The highest BCUT2D eigenvalue weighted by molar-refractivity contribution is 5.75. The van der Waals surface area contributed by atoms with Crippen LogP contribution < -0.4 is 5.32 Å². The number of carbonyl (C=O) groups is 1. The van der Waals surface area contributed by atoms with Crippen LogP contribution in [0.2, 0.25) is 0 Å². The van der Waals surface area contributed by atoms with Gasteiger partial charge in [-0.2, -0.15) is 10.1 Å². The van der Waals surface area contributed by atoms with Crippen LogP contribution in [-0.2, 0) is 17.8 Å². The number of hydrogen-bond acceptors (Lipinski definition) is 5. The molecule has 126 valence electrons. The molecule has 0 saturated carbocycles. The van der Waals surface area contributed by atoms with Crippen LogP contribution in [0.15, 0.2) is 10.6 Å². The van der Waals surface area contributed by atoms with E-state index in [9.17, 15) is 4.79 Å². The van der Waals surface area contributed by atoms with Crippen LogP contribution in [0, 0.1) is 13.8 Å². The molecule has 0 aliphatic carbocycles. The van der Waals surface area contributed by atoms with E-state index < -0.39 is 0 Å². The first kappa shape index (κ1) is 17.2. The Balaban J connectivity index is 1.64. The lowest BCUT2D eigenvalue weighted by molar-refractivity contribution is -0.121.